The molecule has 0 aromatic heterocycles. The Labute approximate surface area is 111 Å². The smallest absolute Gasteiger partial charge is 0.224 e. The van der Waals surface area contributed by atoms with Crippen molar-refractivity contribution < 1.29 is 9.53 Å². The molecule has 94 valence electrons. The molecule has 1 aromatic carbocycles. The molecule has 1 N–H and O–H groups in total. The summed E-state index contributed by atoms with van der Waals surface area (Å²) in [4.78, 5) is 11.5. The fourth-order valence-corrected chi connectivity index (χ4v) is 1.80. The van der Waals surface area contributed by atoms with Gasteiger partial charge in [0.15, 0.2) is 0 Å². The summed E-state index contributed by atoms with van der Waals surface area (Å²) in [7, 11) is 0. The molecule has 0 heterocycles. The van der Waals surface area contributed by atoms with Gasteiger partial charge in [-0.25, -0.2) is 0 Å². The van der Waals surface area contributed by atoms with Gasteiger partial charge in [0.05, 0.1) is 6.61 Å². The van der Waals surface area contributed by atoms with E-state index in [9.17, 15) is 4.79 Å². The number of halogens is 1. The van der Waals surface area contributed by atoms with E-state index >= 15 is 0 Å². The molecule has 0 saturated carbocycles. The van der Waals surface area contributed by atoms with Crippen LogP contribution in [0, 0.1) is 0 Å². The highest BCUT2D eigenvalue weighted by molar-refractivity contribution is 9.09. The zero-order valence-corrected chi connectivity index (χ0v) is 11.6. The minimum absolute atomic E-state index is 0.0649. The van der Waals surface area contributed by atoms with Crippen LogP contribution < -0.4 is 10.1 Å². The van der Waals surface area contributed by atoms with Crippen molar-refractivity contribution in [2.45, 2.75) is 26.2 Å². The lowest BCUT2D eigenvalue weighted by molar-refractivity contribution is -0.116. The standard InChI is InChI=1S/C13H18BrNO2/c1-2-17-12-8-6-11(7-9-12)15-13(16)5-3-4-10-14/h6-9H,2-5,10H2,1H3,(H,15,16). The second-order valence-electron chi connectivity index (χ2n) is 3.65. The van der Waals surface area contributed by atoms with Gasteiger partial charge in [0.1, 0.15) is 5.75 Å². The number of anilines is 1. The second kappa shape index (κ2) is 8.12. The van der Waals surface area contributed by atoms with Crippen LogP contribution in [0.15, 0.2) is 24.3 Å². The molecule has 1 aromatic rings. The van der Waals surface area contributed by atoms with Gasteiger partial charge in [0, 0.05) is 17.4 Å². The first-order valence-corrected chi connectivity index (χ1v) is 6.97. The SMILES string of the molecule is CCOc1ccc(NC(=O)CCCCBr)cc1. The average molecular weight is 300 g/mol. The van der Waals surface area contributed by atoms with Crippen molar-refractivity contribution in [3.63, 3.8) is 0 Å². The van der Waals surface area contributed by atoms with Crippen molar-refractivity contribution in [3.8, 4) is 5.75 Å². The molecule has 0 atom stereocenters. The predicted octanol–water partition coefficient (Wildman–Crippen LogP) is 3.59. The second-order valence-corrected chi connectivity index (χ2v) is 4.44. The molecule has 0 unspecified atom stereocenters. The van der Waals surface area contributed by atoms with Crippen LogP contribution in [0.2, 0.25) is 0 Å². The van der Waals surface area contributed by atoms with Crippen LogP contribution in [0.1, 0.15) is 26.2 Å². The van der Waals surface area contributed by atoms with Gasteiger partial charge in [0.25, 0.3) is 0 Å². The van der Waals surface area contributed by atoms with Crippen molar-refractivity contribution in [1.82, 2.24) is 0 Å². The zero-order chi connectivity index (χ0) is 12.5. The van der Waals surface area contributed by atoms with Gasteiger partial charge >= 0.3 is 0 Å². The van der Waals surface area contributed by atoms with Crippen LogP contribution in [0.25, 0.3) is 0 Å². The number of amides is 1. The third-order valence-electron chi connectivity index (χ3n) is 2.24. The number of rotatable bonds is 7. The molecule has 0 fully saturated rings. The summed E-state index contributed by atoms with van der Waals surface area (Å²) < 4.78 is 5.33. The van der Waals surface area contributed by atoms with Crippen molar-refractivity contribution in [1.29, 1.82) is 0 Å². The van der Waals surface area contributed by atoms with E-state index in [1.165, 1.54) is 0 Å². The summed E-state index contributed by atoms with van der Waals surface area (Å²) in [6.45, 7) is 2.60. The highest BCUT2D eigenvalue weighted by Crippen LogP contribution is 2.16. The highest BCUT2D eigenvalue weighted by atomic mass is 79.9. The molecule has 0 bridgehead atoms. The largest absolute Gasteiger partial charge is 0.494 e. The number of benzene rings is 1. The summed E-state index contributed by atoms with van der Waals surface area (Å²) in [5, 5.41) is 3.81. The van der Waals surface area contributed by atoms with E-state index in [0.717, 1.165) is 29.6 Å². The summed E-state index contributed by atoms with van der Waals surface area (Å²) >= 11 is 3.34. The number of carbonyl (C=O) groups excluding carboxylic acids is 1. The van der Waals surface area contributed by atoms with Crippen LogP contribution in [0.3, 0.4) is 0 Å². The fourth-order valence-electron chi connectivity index (χ4n) is 1.40. The number of hydrogen-bond donors (Lipinski definition) is 1. The fraction of sp³-hybridized carbons (Fsp3) is 0.462. The van der Waals surface area contributed by atoms with Gasteiger partial charge in [0.2, 0.25) is 5.91 Å². The van der Waals surface area contributed by atoms with E-state index in [-0.39, 0.29) is 5.91 Å². The third kappa shape index (κ3) is 5.73. The summed E-state index contributed by atoms with van der Waals surface area (Å²) in [5.74, 6) is 0.889. The number of carbonyl (C=O) groups is 1. The van der Waals surface area contributed by atoms with Gasteiger partial charge in [-0.05, 0) is 44.0 Å². The van der Waals surface area contributed by atoms with E-state index < -0.39 is 0 Å². The van der Waals surface area contributed by atoms with Crippen molar-refractivity contribution in [2.24, 2.45) is 0 Å². The predicted molar refractivity (Wildman–Crippen MR) is 73.9 cm³/mol. The number of unbranched alkanes of at least 4 members (excludes halogenated alkanes) is 1. The van der Waals surface area contributed by atoms with Crippen LogP contribution in [0.4, 0.5) is 5.69 Å². The molecule has 1 amide bonds. The van der Waals surface area contributed by atoms with Gasteiger partial charge in [-0.15, -0.1) is 0 Å². The van der Waals surface area contributed by atoms with E-state index in [1.807, 2.05) is 31.2 Å². The Kier molecular flexibility index (Phi) is 6.70. The molecule has 1 rings (SSSR count). The zero-order valence-electron chi connectivity index (χ0n) is 10.0. The van der Waals surface area contributed by atoms with Crippen molar-refractivity contribution in [3.05, 3.63) is 24.3 Å². The highest BCUT2D eigenvalue weighted by Gasteiger charge is 2.02. The van der Waals surface area contributed by atoms with Gasteiger partial charge in [-0.2, -0.15) is 0 Å². The topological polar surface area (TPSA) is 38.3 Å². The summed E-state index contributed by atoms with van der Waals surface area (Å²) in [5.41, 5.74) is 0.817. The first-order chi connectivity index (χ1) is 8.26. The van der Waals surface area contributed by atoms with Crippen LogP contribution in [0.5, 0.6) is 5.75 Å². The molecule has 0 saturated heterocycles. The molecule has 0 radical (unpaired) electrons. The molecule has 17 heavy (non-hydrogen) atoms. The van der Waals surface area contributed by atoms with Gasteiger partial charge < -0.3 is 10.1 Å². The summed E-state index contributed by atoms with van der Waals surface area (Å²) in [6, 6.07) is 7.43. The molecule has 3 nitrogen and oxygen atoms in total. The lowest BCUT2D eigenvalue weighted by Gasteiger charge is -2.06. The molecule has 0 aliphatic heterocycles. The maximum atomic E-state index is 11.5. The Bertz CT molecular complexity index is 338. The van der Waals surface area contributed by atoms with E-state index in [0.29, 0.717) is 13.0 Å². The Balaban J connectivity index is 2.37. The Morgan fingerprint density at radius 3 is 2.59 bits per heavy atom. The number of nitrogens with one attached hydrogen (secondary N) is 1. The van der Waals surface area contributed by atoms with E-state index in [4.69, 9.17) is 4.74 Å². The minimum Gasteiger partial charge on any atom is -0.494 e. The van der Waals surface area contributed by atoms with Crippen LogP contribution in [-0.2, 0) is 4.79 Å². The quantitative estimate of drug-likeness (QED) is 0.617. The Hall–Kier alpha value is -1.03. The molecule has 0 aliphatic carbocycles. The molecule has 0 aliphatic rings. The minimum atomic E-state index is 0.0649. The Morgan fingerprint density at radius 2 is 2.00 bits per heavy atom. The summed E-state index contributed by atoms with van der Waals surface area (Å²) in [6.07, 6.45) is 2.50. The first kappa shape index (κ1) is 14.0. The third-order valence-corrected chi connectivity index (χ3v) is 2.80. The van der Waals surface area contributed by atoms with Gasteiger partial charge in [-0.3, -0.25) is 4.79 Å². The molecule has 0 spiro atoms. The molecule has 4 heteroatoms. The molecular weight excluding hydrogens is 282 g/mol. The van der Waals surface area contributed by atoms with Crippen LogP contribution >= 0.6 is 15.9 Å². The monoisotopic (exact) mass is 299 g/mol. The number of ether oxygens (including phenoxy) is 1. The lowest BCUT2D eigenvalue weighted by Crippen LogP contribution is -2.11. The van der Waals surface area contributed by atoms with E-state index in [1.54, 1.807) is 0 Å². The maximum Gasteiger partial charge on any atom is 0.224 e. The van der Waals surface area contributed by atoms with E-state index in [2.05, 4.69) is 21.2 Å². The van der Waals surface area contributed by atoms with Crippen molar-refractivity contribution >= 4 is 27.5 Å². The van der Waals surface area contributed by atoms with Gasteiger partial charge in [-0.1, -0.05) is 15.9 Å². The van der Waals surface area contributed by atoms with Crippen LogP contribution in [-0.4, -0.2) is 17.8 Å². The average Bonchev–Trinajstić information content (AvgIpc) is 2.32. The lowest BCUT2D eigenvalue weighted by atomic mass is 10.2. The van der Waals surface area contributed by atoms with Crippen molar-refractivity contribution in [2.75, 3.05) is 17.3 Å². The Morgan fingerprint density at radius 1 is 1.29 bits per heavy atom. The molecular formula is C13H18BrNO2. The maximum absolute atomic E-state index is 11.5. The first-order valence-electron chi connectivity index (χ1n) is 5.85. The normalized spacial score (nSPS) is 10.0. The number of hydrogen-bond acceptors (Lipinski definition) is 2. The number of alkyl halides is 1.